The van der Waals surface area contributed by atoms with Crippen molar-refractivity contribution in [1.82, 2.24) is 19.9 Å². The minimum Gasteiger partial charge on any atom is -0.470 e. The summed E-state index contributed by atoms with van der Waals surface area (Å²) < 4.78 is 168. The topological polar surface area (TPSA) is 334 Å². The second kappa shape index (κ2) is 30.0. The van der Waals surface area contributed by atoms with Crippen LogP contribution in [0.4, 0.5) is 36.4 Å². The number of aromatic nitrogens is 4. The summed E-state index contributed by atoms with van der Waals surface area (Å²) in [6.07, 6.45) is -0.105. The molecule has 3 aromatic carbocycles. The number of rotatable bonds is 19. The molecule has 576 valence electrons. The van der Waals surface area contributed by atoms with Crippen LogP contribution >= 0.6 is 0 Å². The average Bonchev–Trinajstić information content (AvgIpc) is 1.38. The van der Waals surface area contributed by atoms with Crippen molar-refractivity contribution >= 4 is 75.6 Å². The van der Waals surface area contributed by atoms with Gasteiger partial charge in [0.1, 0.15) is 67.2 Å². The van der Waals surface area contributed by atoms with E-state index in [9.17, 15) is 53.8 Å². The van der Waals surface area contributed by atoms with E-state index in [0.29, 0.717) is 67.1 Å². The second-order valence-electron chi connectivity index (χ2n) is 30.7. The number of amidine groups is 1. The molecule has 0 spiro atoms. The van der Waals surface area contributed by atoms with Crippen LogP contribution in [0.25, 0.3) is 0 Å². The van der Waals surface area contributed by atoms with E-state index in [2.05, 4.69) is 38.0 Å². The number of benzene rings is 3. The molecule has 0 aliphatic carbocycles. The van der Waals surface area contributed by atoms with E-state index in [4.69, 9.17) is 40.4 Å². The Kier molecular flexibility index (Phi) is 23.2. The maximum Gasteiger partial charge on any atom is 0.312 e. The Balaban J connectivity index is 0.000000187. The Bertz CT molecular complexity index is 4770. The summed E-state index contributed by atoms with van der Waals surface area (Å²) in [5.41, 5.74) is 9.75. The predicted octanol–water partition coefficient (Wildman–Crippen LogP) is 12.2. The molecule has 5 aromatic rings. The Hall–Kier alpha value is -8.33. The maximum atomic E-state index is 15.6. The van der Waals surface area contributed by atoms with Crippen molar-refractivity contribution in [3.8, 4) is 11.8 Å². The van der Waals surface area contributed by atoms with Crippen molar-refractivity contribution in [2.24, 2.45) is 33.8 Å². The average molecular weight is 1540 g/mol. The van der Waals surface area contributed by atoms with Gasteiger partial charge >= 0.3 is 11.9 Å². The van der Waals surface area contributed by atoms with E-state index in [1.54, 1.807) is 110 Å². The number of Topliss-reactive ketones (excluding diaryl/α,β-unsaturated/α-hetero) is 2. The first-order valence-electron chi connectivity index (χ1n) is 34.3. The molecule has 0 amide bonds. The zero-order valence-corrected chi connectivity index (χ0v) is 64.3. The summed E-state index contributed by atoms with van der Waals surface area (Å²) in [4.78, 5) is 81.1. The highest BCUT2D eigenvalue weighted by Crippen LogP contribution is 2.52. The molecule has 33 heteroatoms. The van der Waals surface area contributed by atoms with Crippen LogP contribution in [0, 0.1) is 17.5 Å². The summed E-state index contributed by atoms with van der Waals surface area (Å²) >= 11 is 0. The number of ether oxygens (including phenoxy) is 4. The molecule has 0 saturated carbocycles. The van der Waals surface area contributed by atoms with Gasteiger partial charge in [-0.2, -0.15) is 0 Å². The summed E-state index contributed by atoms with van der Waals surface area (Å²) in [5, 5.41) is -1.64. The molecule has 0 fully saturated rings. The number of nitrogens with two attached hydrogens (primary N) is 2. The van der Waals surface area contributed by atoms with Gasteiger partial charge in [-0.1, -0.05) is 12.1 Å². The van der Waals surface area contributed by atoms with Crippen molar-refractivity contribution in [1.29, 1.82) is 0 Å². The number of hydrogen-bond acceptors (Lipinski definition) is 23. The normalized spacial score (nSPS) is 27.3. The Morgan fingerprint density at radius 3 is 1.16 bits per heavy atom. The Labute approximate surface area is 613 Å². The molecular formula is C73H91F7N12O11S3. The van der Waals surface area contributed by atoms with Crippen LogP contribution in [0.5, 0.6) is 11.8 Å². The third-order valence-corrected chi connectivity index (χ3v) is 30.9. The molecule has 0 radical (unpaired) electrons. The Morgan fingerprint density at radius 1 is 0.481 bits per heavy atom. The quantitative estimate of drug-likeness (QED) is 0.0336. The molecule has 8 heterocycles. The number of hydrogen-bond donors (Lipinski definition) is 2. The molecule has 6 aliphatic rings. The van der Waals surface area contributed by atoms with Crippen molar-refractivity contribution in [2.75, 3.05) is 38.6 Å². The number of nitrogens with zero attached hydrogens (tertiary/aromatic N) is 10. The van der Waals surface area contributed by atoms with E-state index in [-0.39, 0.29) is 71.4 Å². The first-order chi connectivity index (χ1) is 49.0. The largest absolute Gasteiger partial charge is 0.470 e. The first kappa shape index (κ1) is 81.7. The van der Waals surface area contributed by atoms with E-state index in [0.717, 1.165) is 24.8 Å². The SMILES string of the molecule is CC(C)(C)OC(=O)CC1=N[C@](C)(c2cc(CC(=O)c3cnc(OCC(F)F)cn3)ccc2F)[C@@H]2CCN=[S@]2(=O)C1(C)C.CC(C)(C)OC(=O)CC1=N[C@](C)(c2cc(N)ccc2F)[C@@H]2CCN=[S@]2(=O)C1(C)C.CC1(C)C(N)=N[C@](C)(c2cc(CC(=O)c3cnc(OCC(F)F)cn3)ccc2F)[C@@H]2CCN=[S@@]21=O. The zero-order valence-electron chi connectivity index (χ0n) is 61.9. The van der Waals surface area contributed by atoms with Crippen molar-refractivity contribution in [2.45, 2.75) is 219 Å². The molecule has 23 nitrogen and oxygen atoms in total. The molecule has 0 saturated heterocycles. The first-order valence-corrected chi connectivity index (χ1v) is 39.1. The molecule has 6 aliphatic heterocycles. The fourth-order valence-electron chi connectivity index (χ4n) is 14.1. The standard InChI is InChI=1S/C29H35F3N4O5S.C23H26F3N5O3S.C21H30FN3O3S/c1-27(2,3)41-26(38)13-22-28(4,5)42(39)23(9-10-35-42)29(6,36-22)18-11-17(7-8-19(18)30)12-21(37)20-14-34-25(15-33-20)40-16-24(31)32;1-22(2)21(27)31-23(3,18-6-7-30-35(18,22)33)14-8-13(4-5-15(14)24)9-17(32)16-10-29-20(11-28-16)34-12-19(25)26;1-19(2,3)28-18(26)12-16-20(4,5)29(27)17(9-10-24-29)21(6,25-16)14-11-13(23)7-8-15(14)22/h7-8,11,14-15,23-24H,9-10,12-13,16H2,1-6H3;4-5,8,10-11,18-19H,6-7,9,12H2,1-3H3,(H2,27,31);7-8,11,17H,9-10,12,23H2,1-6H3/t23-,29+,42+;18-,23+,35+;17-,21+,29+/m000/s1. The summed E-state index contributed by atoms with van der Waals surface area (Å²) in [5.74, 6) is -3.57. The van der Waals surface area contributed by atoms with Gasteiger partial charge in [0.15, 0.2) is 24.8 Å². The zero-order chi connectivity index (χ0) is 78.5. The summed E-state index contributed by atoms with van der Waals surface area (Å²) in [7, 11) is -8.65. The fraction of sp³-hybridized carbons (Fsp3) is 0.548. The van der Waals surface area contributed by atoms with Gasteiger partial charge in [-0.05, 0) is 177 Å². The number of alkyl halides is 4. The minimum atomic E-state index is -3.00. The number of anilines is 1. The lowest BCUT2D eigenvalue weighted by molar-refractivity contribution is -0.154. The highest BCUT2D eigenvalue weighted by molar-refractivity contribution is 7.97. The van der Waals surface area contributed by atoms with Gasteiger partial charge in [0.25, 0.3) is 12.9 Å². The van der Waals surface area contributed by atoms with Crippen molar-refractivity contribution in [3.63, 3.8) is 0 Å². The molecule has 0 unspecified atom stereocenters. The van der Waals surface area contributed by atoms with E-state index < -0.39 is 154 Å². The van der Waals surface area contributed by atoms with Crippen LogP contribution in [0.15, 0.2) is 107 Å². The Morgan fingerprint density at radius 2 is 0.821 bits per heavy atom. The predicted molar refractivity (Wildman–Crippen MR) is 390 cm³/mol. The van der Waals surface area contributed by atoms with Crippen LogP contribution in [-0.4, -0.2) is 160 Å². The fourth-order valence-corrected chi connectivity index (χ4v) is 23.8. The highest BCUT2D eigenvalue weighted by Gasteiger charge is 2.60. The molecule has 11 rings (SSSR count). The minimum absolute atomic E-state index is 0.00535. The number of halogens is 7. The molecule has 4 N–H and O–H groups in total. The third-order valence-electron chi connectivity index (χ3n) is 19.8. The molecule has 0 bridgehead atoms. The number of ketones is 2. The lowest BCUT2D eigenvalue weighted by Gasteiger charge is -2.46. The van der Waals surface area contributed by atoms with Gasteiger partial charge in [0.05, 0.1) is 92.1 Å². The van der Waals surface area contributed by atoms with Crippen LogP contribution in [0.2, 0.25) is 0 Å². The van der Waals surface area contributed by atoms with Crippen LogP contribution in [0.1, 0.15) is 185 Å². The van der Waals surface area contributed by atoms with Gasteiger partial charge in [-0.15, -0.1) is 0 Å². The van der Waals surface area contributed by atoms with Crippen LogP contribution in [0.3, 0.4) is 0 Å². The summed E-state index contributed by atoms with van der Waals surface area (Å²) in [6, 6.07) is 12.8. The lowest BCUT2D eigenvalue weighted by Crippen LogP contribution is -2.58. The number of carbonyl (C=O) groups is 4. The highest BCUT2D eigenvalue weighted by atomic mass is 32.2. The number of carbonyl (C=O) groups excluding carboxylic acids is 4. The smallest absolute Gasteiger partial charge is 0.312 e. The molecule has 2 aromatic heterocycles. The van der Waals surface area contributed by atoms with Crippen molar-refractivity contribution in [3.05, 3.63) is 136 Å². The van der Waals surface area contributed by atoms with Gasteiger partial charge in [-0.3, -0.25) is 34.2 Å². The number of esters is 2. The van der Waals surface area contributed by atoms with Gasteiger partial charge < -0.3 is 30.4 Å². The molecular weight excluding hydrogens is 1450 g/mol. The monoisotopic (exact) mass is 1540 g/mol. The number of fused-ring (bicyclic) bond motifs is 3. The van der Waals surface area contributed by atoms with Gasteiger partial charge in [-0.25, -0.2) is 76.4 Å². The number of nitrogen functional groups attached to an aromatic ring is 1. The van der Waals surface area contributed by atoms with E-state index in [1.165, 1.54) is 48.5 Å². The maximum absolute atomic E-state index is 15.6. The van der Waals surface area contributed by atoms with Gasteiger partial charge in [0.2, 0.25) is 11.8 Å². The van der Waals surface area contributed by atoms with Crippen LogP contribution in [-0.2, 0) is 77.7 Å². The summed E-state index contributed by atoms with van der Waals surface area (Å²) in [6.45, 7) is 25.8. The second-order valence-corrected chi connectivity index (χ2v) is 39.6. The third kappa shape index (κ3) is 16.3. The van der Waals surface area contributed by atoms with E-state index >= 15 is 8.78 Å². The molecule has 106 heavy (non-hydrogen) atoms. The van der Waals surface area contributed by atoms with Crippen LogP contribution < -0.4 is 20.9 Å². The molecule has 9 atom stereocenters. The number of aliphatic imine (C=N–C) groups is 3. The van der Waals surface area contributed by atoms with Gasteiger partial charge in [0, 0.05) is 66.3 Å². The van der Waals surface area contributed by atoms with E-state index in [1.807, 2.05) is 0 Å². The lowest BCUT2D eigenvalue weighted by atomic mass is 9.84. The van der Waals surface area contributed by atoms with Crippen molar-refractivity contribution < 1.29 is 81.5 Å².